The average Bonchev–Trinajstić information content (AvgIpc) is 2.49. The lowest BCUT2D eigenvalue weighted by atomic mass is 10.2. The summed E-state index contributed by atoms with van der Waals surface area (Å²) in [4.78, 5) is 4.30. The summed E-state index contributed by atoms with van der Waals surface area (Å²) < 4.78 is 10.6. The molecule has 2 rings (SSSR count). The number of rotatable bonds is 5. The molecule has 21 heavy (non-hydrogen) atoms. The molecule has 2 aromatic rings. The molecule has 4 nitrogen and oxygen atoms in total. The fourth-order valence-corrected chi connectivity index (χ4v) is 2.39. The van der Waals surface area contributed by atoms with Crippen LogP contribution >= 0.6 is 23.2 Å². The number of aromatic nitrogens is 1. The van der Waals surface area contributed by atoms with Crippen LogP contribution in [-0.4, -0.2) is 19.2 Å². The molecule has 0 aliphatic heterocycles. The predicted octanol–water partition coefficient (Wildman–Crippen LogP) is 4.33. The van der Waals surface area contributed by atoms with Gasteiger partial charge in [-0.3, -0.25) is 4.98 Å². The molecule has 1 aromatic heterocycles. The molecule has 0 bridgehead atoms. The number of ether oxygens (including phenoxy) is 2. The molecular formula is C15H16Cl2N2O2. The van der Waals surface area contributed by atoms with Crippen LogP contribution in [0.5, 0.6) is 11.5 Å². The van der Waals surface area contributed by atoms with Gasteiger partial charge in [0.05, 0.1) is 31.5 Å². The predicted molar refractivity (Wildman–Crippen MR) is 85.9 cm³/mol. The maximum Gasteiger partial charge on any atom is 0.184 e. The smallest absolute Gasteiger partial charge is 0.184 e. The van der Waals surface area contributed by atoms with Gasteiger partial charge in [0, 0.05) is 17.3 Å². The summed E-state index contributed by atoms with van der Waals surface area (Å²) in [6, 6.07) is 5.37. The zero-order valence-electron chi connectivity index (χ0n) is 12.0. The third kappa shape index (κ3) is 3.52. The summed E-state index contributed by atoms with van der Waals surface area (Å²) in [5.41, 5.74) is 2.41. The number of aryl methyl sites for hydroxylation is 1. The van der Waals surface area contributed by atoms with Crippen molar-refractivity contribution < 1.29 is 9.47 Å². The van der Waals surface area contributed by atoms with E-state index in [-0.39, 0.29) is 0 Å². The maximum atomic E-state index is 6.20. The van der Waals surface area contributed by atoms with Crippen molar-refractivity contribution >= 4 is 28.9 Å². The number of hydrogen-bond acceptors (Lipinski definition) is 4. The molecule has 0 saturated heterocycles. The van der Waals surface area contributed by atoms with Gasteiger partial charge in [-0.2, -0.15) is 0 Å². The topological polar surface area (TPSA) is 43.4 Å². The first-order chi connectivity index (χ1) is 10.1. The summed E-state index contributed by atoms with van der Waals surface area (Å²) in [7, 11) is 3.17. The number of benzene rings is 1. The van der Waals surface area contributed by atoms with Crippen LogP contribution in [0.2, 0.25) is 10.0 Å². The van der Waals surface area contributed by atoms with Crippen LogP contribution in [0.4, 0.5) is 5.69 Å². The lowest BCUT2D eigenvalue weighted by Crippen LogP contribution is -2.05. The van der Waals surface area contributed by atoms with Crippen LogP contribution in [0.25, 0.3) is 0 Å². The van der Waals surface area contributed by atoms with Crippen molar-refractivity contribution in [1.82, 2.24) is 4.98 Å². The molecule has 1 N–H and O–H groups in total. The zero-order valence-corrected chi connectivity index (χ0v) is 13.5. The van der Waals surface area contributed by atoms with E-state index in [2.05, 4.69) is 10.3 Å². The molecule has 0 aliphatic carbocycles. The molecular weight excluding hydrogens is 311 g/mol. The Morgan fingerprint density at radius 2 is 1.90 bits per heavy atom. The molecule has 0 aliphatic rings. The highest BCUT2D eigenvalue weighted by atomic mass is 35.5. The second-order valence-corrected chi connectivity index (χ2v) is 5.24. The van der Waals surface area contributed by atoms with Gasteiger partial charge in [-0.05, 0) is 24.6 Å². The van der Waals surface area contributed by atoms with E-state index in [1.54, 1.807) is 32.5 Å². The molecule has 0 radical (unpaired) electrons. The summed E-state index contributed by atoms with van der Waals surface area (Å²) in [5, 5.41) is 4.48. The van der Waals surface area contributed by atoms with E-state index >= 15 is 0 Å². The number of halogens is 2. The van der Waals surface area contributed by atoms with Gasteiger partial charge in [-0.25, -0.2) is 0 Å². The second-order valence-electron chi connectivity index (χ2n) is 4.43. The molecule has 0 spiro atoms. The van der Waals surface area contributed by atoms with Crippen molar-refractivity contribution in [3.8, 4) is 11.5 Å². The number of anilines is 1. The highest BCUT2D eigenvalue weighted by molar-refractivity contribution is 6.35. The van der Waals surface area contributed by atoms with Crippen molar-refractivity contribution in [2.24, 2.45) is 0 Å². The van der Waals surface area contributed by atoms with Crippen LogP contribution < -0.4 is 14.8 Å². The number of hydrogen-bond donors (Lipinski definition) is 1. The maximum absolute atomic E-state index is 6.20. The molecule has 1 aromatic carbocycles. The van der Waals surface area contributed by atoms with Crippen LogP contribution in [0, 0.1) is 6.92 Å². The number of methoxy groups -OCH3 is 2. The SMILES string of the molecule is COc1ccnc(CNc2cc(Cl)c(C)cc2Cl)c1OC. The van der Waals surface area contributed by atoms with E-state index in [1.807, 2.05) is 13.0 Å². The van der Waals surface area contributed by atoms with Gasteiger partial charge in [-0.15, -0.1) is 0 Å². The van der Waals surface area contributed by atoms with Gasteiger partial charge in [-0.1, -0.05) is 23.2 Å². The molecule has 0 saturated carbocycles. The molecule has 0 fully saturated rings. The summed E-state index contributed by atoms with van der Waals surface area (Å²) in [6.07, 6.45) is 1.67. The van der Waals surface area contributed by atoms with Crippen LogP contribution in [0.15, 0.2) is 24.4 Å². The standard InChI is InChI=1S/C15H16Cl2N2O2/c1-9-6-11(17)12(7-10(9)16)19-8-13-15(21-3)14(20-2)4-5-18-13/h4-7,19H,8H2,1-3H3. The number of nitrogens with one attached hydrogen (secondary N) is 1. The Kier molecular flexibility index (Phi) is 5.15. The Labute approximate surface area is 134 Å². The van der Waals surface area contributed by atoms with Crippen LogP contribution in [-0.2, 0) is 6.54 Å². The first kappa shape index (κ1) is 15.7. The summed E-state index contributed by atoms with van der Waals surface area (Å²) in [5.74, 6) is 1.24. The molecule has 0 atom stereocenters. The minimum Gasteiger partial charge on any atom is -0.493 e. The highest BCUT2D eigenvalue weighted by Crippen LogP contribution is 2.32. The Morgan fingerprint density at radius 3 is 2.57 bits per heavy atom. The van der Waals surface area contributed by atoms with Gasteiger partial charge in [0.2, 0.25) is 0 Å². The van der Waals surface area contributed by atoms with E-state index in [0.29, 0.717) is 28.1 Å². The minimum absolute atomic E-state index is 0.444. The minimum atomic E-state index is 0.444. The van der Waals surface area contributed by atoms with Crippen molar-refractivity contribution in [2.75, 3.05) is 19.5 Å². The van der Waals surface area contributed by atoms with Crippen molar-refractivity contribution in [2.45, 2.75) is 13.5 Å². The van der Waals surface area contributed by atoms with Gasteiger partial charge in [0.1, 0.15) is 5.69 Å². The van der Waals surface area contributed by atoms with E-state index in [1.165, 1.54) is 0 Å². The number of pyridine rings is 1. The molecule has 112 valence electrons. The highest BCUT2D eigenvalue weighted by Gasteiger charge is 2.12. The largest absolute Gasteiger partial charge is 0.493 e. The third-order valence-electron chi connectivity index (χ3n) is 3.06. The monoisotopic (exact) mass is 326 g/mol. The third-order valence-corrected chi connectivity index (χ3v) is 3.78. The lowest BCUT2D eigenvalue weighted by molar-refractivity contribution is 0.350. The van der Waals surface area contributed by atoms with E-state index in [4.69, 9.17) is 32.7 Å². The van der Waals surface area contributed by atoms with Gasteiger partial charge in [0.25, 0.3) is 0 Å². The fraction of sp³-hybridized carbons (Fsp3) is 0.267. The molecule has 1 heterocycles. The first-order valence-corrected chi connectivity index (χ1v) is 7.07. The molecule has 0 unspecified atom stereocenters. The Balaban J connectivity index is 2.22. The summed E-state index contributed by atoms with van der Waals surface area (Å²) >= 11 is 12.3. The zero-order chi connectivity index (χ0) is 15.4. The quantitative estimate of drug-likeness (QED) is 0.888. The Bertz CT molecular complexity index is 648. The summed E-state index contributed by atoms with van der Waals surface area (Å²) in [6.45, 7) is 2.35. The van der Waals surface area contributed by atoms with Crippen molar-refractivity contribution in [3.05, 3.63) is 45.7 Å². The van der Waals surface area contributed by atoms with E-state index in [9.17, 15) is 0 Å². The molecule has 6 heteroatoms. The first-order valence-electron chi connectivity index (χ1n) is 6.32. The van der Waals surface area contributed by atoms with E-state index < -0.39 is 0 Å². The van der Waals surface area contributed by atoms with Crippen molar-refractivity contribution in [3.63, 3.8) is 0 Å². The fourth-order valence-electron chi connectivity index (χ4n) is 1.94. The Morgan fingerprint density at radius 1 is 1.14 bits per heavy atom. The second kappa shape index (κ2) is 6.87. The van der Waals surface area contributed by atoms with E-state index in [0.717, 1.165) is 16.9 Å². The molecule has 0 amide bonds. The average molecular weight is 327 g/mol. The van der Waals surface area contributed by atoms with Gasteiger partial charge in [0.15, 0.2) is 11.5 Å². The number of nitrogens with zero attached hydrogens (tertiary/aromatic N) is 1. The van der Waals surface area contributed by atoms with Crippen LogP contribution in [0.3, 0.4) is 0 Å². The lowest BCUT2D eigenvalue weighted by Gasteiger charge is -2.14. The van der Waals surface area contributed by atoms with Crippen LogP contribution in [0.1, 0.15) is 11.3 Å². The van der Waals surface area contributed by atoms with Gasteiger partial charge < -0.3 is 14.8 Å². The Hall–Kier alpha value is -1.65. The van der Waals surface area contributed by atoms with Crippen molar-refractivity contribution in [1.29, 1.82) is 0 Å². The van der Waals surface area contributed by atoms with Gasteiger partial charge >= 0.3 is 0 Å². The normalized spacial score (nSPS) is 10.3.